The molecule has 3 fully saturated rings. The van der Waals surface area contributed by atoms with E-state index in [9.17, 15) is 14.7 Å². The van der Waals surface area contributed by atoms with E-state index >= 15 is 4.79 Å². The molecule has 3 aliphatic heterocycles. The van der Waals surface area contributed by atoms with E-state index in [-0.39, 0.29) is 54.5 Å². The van der Waals surface area contributed by atoms with Crippen molar-refractivity contribution in [2.24, 2.45) is 23.7 Å². The molecule has 48 heavy (non-hydrogen) atoms. The number of hydrogen-bond donors (Lipinski definition) is 1. The number of ether oxygens (including phenoxy) is 1. The molecule has 2 aromatic carbocycles. The summed E-state index contributed by atoms with van der Waals surface area (Å²) >= 11 is 8.37. The number of fused-ring (bicyclic) bond motifs is 1. The lowest BCUT2D eigenvalue weighted by atomic mass is 9.65. The number of hydrogen-bond acceptors (Lipinski definition) is 6. The first kappa shape index (κ1) is 36.0. The molecule has 2 aromatic rings. The van der Waals surface area contributed by atoms with Crippen LogP contribution >= 0.6 is 23.4 Å². The topological polar surface area (TPSA) is 90.4 Å². The van der Waals surface area contributed by atoms with E-state index in [1.807, 2.05) is 64.1 Å². The molecule has 2 bridgehead atoms. The van der Waals surface area contributed by atoms with Crippen molar-refractivity contribution >= 4 is 52.5 Å². The average molecular weight is 694 g/mol. The summed E-state index contributed by atoms with van der Waals surface area (Å²) in [6.07, 6.45) is 4.55. The standard InChI is InChI=1S/C38H48ClN3O5S/c1-8-18-40(26-14-16-28(17-15-26)47-10-3)35(44)31-30-21-25(7)38(48-30)32(31)36(45)42(27(22-43)20-23(4)5)34(38)37(46)41(19-9-2)33-24(6)12-11-13-29(33)39/h8-9,11-17,23,25,27,30-32,34,43H,1-2,10,18-22H2,3-7H3/t25?,27-,30+,31-,32+,34?,38?/m1/s1. The number of carbonyl (C=O) groups excluding carboxylic acids is 3. The Morgan fingerprint density at radius 3 is 2.38 bits per heavy atom. The number of rotatable bonds is 14. The molecule has 8 nitrogen and oxygen atoms in total. The third-order valence-corrected chi connectivity index (χ3v) is 12.5. The van der Waals surface area contributed by atoms with Gasteiger partial charge in [-0.3, -0.25) is 14.4 Å². The predicted molar refractivity (Wildman–Crippen MR) is 195 cm³/mol. The predicted octanol–water partition coefficient (Wildman–Crippen LogP) is 6.53. The minimum absolute atomic E-state index is 0.0425. The summed E-state index contributed by atoms with van der Waals surface area (Å²) in [5.74, 6) is -1.26. The van der Waals surface area contributed by atoms with Crippen molar-refractivity contribution in [2.75, 3.05) is 36.1 Å². The van der Waals surface area contributed by atoms with Crippen molar-refractivity contribution in [3.63, 3.8) is 0 Å². The van der Waals surface area contributed by atoms with E-state index in [0.29, 0.717) is 41.6 Å². The van der Waals surface area contributed by atoms with Gasteiger partial charge in [-0.15, -0.1) is 24.9 Å². The zero-order chi connectivity index (χ0) is 34.9. The SMILES string of the molecule is C=CCN(C(=O)[C@@H]1[C@@H]2CC(C)C3(S2)C(C(=O)N(CC=C)c2c(C)cccc2Cl)N([C@@H](CO)CC(C)C)C(=O)[C@H]13)c1ccc(OCC)cc1. The van der Waals surface area contributed by atoms with Crippen LogP contribution in [0.2, 0.25) is 5.02 Å². The molecule has 0 radical (unpaired) electrons. The number of thioether (sulfide) groups is 1. The third-order valence-electron chi connectivity index (χ3n) is 10.1. The molecule has 3 saturated heterocycles. The fourth-order valence-electron chi connectivity index (χ4n) is 8.29. The number of benzene rings is 2. The van der Waals surface area contributed by atoms with Gasteiger partial charge in [-0.05, 0) is 74.4 Å². The molecule has 0 saturated carbocycles. The van der Waals surface area contributed by atoms with Crippen molar-refractivity contribution in [2.45, 2.75) is 69.5 Å². The number of aryl methyl sites for hydroxylation is 1. The Morgan fingerprint density at radius 1 is 1.12 bits per heavy atom. The van der Waals surface area contributed by atoms with Gasteiger partial charge in [0, 0.05) is 24.0 Å². The van der Waals surface area contributed by atoms with Gasteiger partial charge in [-0.1, -0.05) is 56.7 Å². The maximum atomic E-state index is 15.2. The van der Waals surface area contributed by atoms with Crippen molar-refractivity contribution in [3.8, 4) is 5.75 Å². The normalized spacial score (nSPS) is 26.4. The molecule has 1 spiro atoms. The van der Waals surface area contributed by atoms with Gasteiger partial charge in [0.05, 0.1) is 46.5 Å². The van der Waals surface area contributed by atoms with Gasteiger partial charge in [0.2, 0.25) is 11.8 Å². The second-order valence-electron chi connectivity index (χ2n) is 13.6. The van der Waals surface area contributed by atoms with E-state index in [1.54, 1.807) is 44.7 Å². The Kier molecular flexibility index (Phi) is 11.0. The molecule has 5 rings (SSSR count). The Labute approximate surface area is 294 Å². The minimum atomic E-state index is -0.914. The van der Waals surface area contributed by atoms with E-state index < -0.39 is 28.7 Å². The van der Waals surface area contributed by atoms with Crippen molar-refractivity contribution in [1.82, 2.24) is 4.90 Å². The maximum Gasteiger partial charge on any atom is 0.251 e. The molecule has 7 atom stereocenters. The Balaban J connectivity index is 1.63. The fraction of sp³-hybridized carbons (Fsp3) is 0.500. The van der Waals surface area contributed by atoms with E-state index in [2.05, 4.69) is 20.1 Å². The molecule has 1 N–H and O–H groups in total. The molecular weight excluding hydrogens is 646 g/mol. The molecule has 3 unspecified atom stereocenters. The lowest BCUT2D eigenvalue weighted by Crippen LogP contribution is -2.59. The highest BCUT2D eigenvalue weighted by Crippen LogP contribution is 2.69. The highest BCUT2D eigenvalue weighted by atomic mass is 35.5. The van der Waals surface area contributed by atoms with Crippen LogP contribution in [0.25, 0.3) is 0 Å². The highest BCUT2D eigenvalue weighted by molar-refractivity contribution is 8.02. The monoisotopic (exact) mass is 693 g/mol. The van der Waals surface area contributed by atoms with Gasteiger partial charge in [-0.25, -0.2) is 0 Å². The van der Waals surface area contributed by atoms with Crippen LogP contribution in [-0.4, -0.2) is 76.1 Å². The molecule has 3 heterocycles. The van der Waals surface area contributed by atoms with Crippen LogP contribution in [0.1, 0.15) is 46.1 Å². The molecule has 3 amide bonds. The number of nitrogens with zero attached hydrogens (tertiary/aromatic N) is 3. The maximum absolute atomic E-state index is 15.2. The quantitative estimate of drug-likeness (QED) is 0.227. The number of amides is 3. The van der Waals surface area contributed by atoms with Gasteiger partial charge in [0.25, 0.3) is 5.91 Å². The summed E-state index contributed by atoms with van der Waals surface area (Å²) in [5.41, 5.74) is 2.09. The highest BCUT2D eigenvalue weighted by Gasteiger charge is 2.77. The zero-order valence-electron chi connectivity index (χ0n) is 28.6. The lowest BCUT2D eigenvalue weighted by molar-refractivity contribution is -0.142. The summed E-state index contributed by atoms with van der Waals surface area (Å²) in [7, 11) is 0. The minimum Gasteiger partial charge on any atom is -0.494 e. The average Bonchev–Trinajstić information content (AvgIpc) is 3.65. The van der Waals surface area contributed by atoms with E-state index in [1.165, 1.54) is 0 Å². The van der Waals surface area contributed by atoms with Crippen molar-refractivity contribution < 1.29 is 24.2 Å². The van der Waals surface area contributed by atoms with Gasteiger partial charge < -0.3 is 24.5 Å². The van der Waals surface area contributed by atoms with E-state index in [4.69, 9.17) is 16.3 Å². The molecule has 0 aliphatic carbocycles. The number of halogens is 1. The molecular formula is C38H48ClN3O5S. The first-order valence-corrected chi connectivity index (χ1v) is 18.2. The largest absolute Gasteiger partial charge is 0.494 e. The first-order chi connectivity index (χ1) is 23.0. The number of carbonyl (C=O) groups is 3. The molecule has 258 valence electrons. The van der Waals surface area contributed by atoms with Crippen molar-refractivity contribution in [3.05, 3.63) is 78.4 Å². The van der Waals surface area contributed by atoms with Crippen molar-refractivity contribution in [1.29, 1.82) is 0 Å². The van der Waals surface area contributed by atoms with Crippen LogP contribution in [0.5, 0.6) is 5.75 Å². The third kappa shape index (κ3) is 6.07. The second kappa shape index (κ2) is 14.7. The number of aliphatic hydroxyl groups is 1. The Morgan fingerprint density at radius 2 is 1.79 bits per heavy atom. The number of anilines is 2. The van der Waals surface area contributed by atoms with Gasteiger partial charge >= 0.3 is 0 Å². The molecule has 0 aromatic heterocycles. The Hall–Kier alpha value is -3.27. The summed E-state index contributed by atoms with van der Waals surface area (Å²) in [4.78, 5) is 49.9. The second-order valence-corrected chi connectivity index (χ2v) is 15.5. The van der Waals surface area contributed by atoms with Gasteiger partial charge in [0.15, 0.2) is 0 Å². The summed E-state index contributed by atoms with van der Waals surface area (Å²) < 4.78 is 4.75. The van der Waals surface area contributed by atoms with Crippen LogP contribution in [0, 0.1) is 30.6 Å². The van der Waals surface area contributed by atoms with E-state index in [0.717, 1.165) is 5.56 Å². The Bertz CT molecular complexity index is 1530. The number of para-hydroxylation sites is 1. The van der Waals surface area contributed by atoms with Crippen LogP contribution < -0.4 is 14.5 Å². The van der Waals surface area contributed by atoms with Crippen LogP contribution in [-0.2, 0) is 14.4 Å². The zero-order valence-corrected chi connectivity index (χ0v) is 30.2. The van der Waals surface area contributed by atoms with Gasteiger partial charge in [-0.2, -0.15) is 0 Å². The smallest absolute Gasteiger partial charge is 0.251 e. The lowest BCUT2D eigenvalue weighted by Gasteiger charge is -2.42. The first-order valence-electron chi connectivity index (χ1n) is 16.9. The van der Waals surface area contributed by atoms with Crippen LogP contribution in [0.3, 0.4) is 0 Å². The number of likely N-dealkylation sites (tertiary alicyclic amines) is 1. The fourth-order valence-corrected chi connectivity index (χ4v) is 11.0. The molecule has 3 aliphatic rings. The van der Waals surface area contributed by atoms with Crippen LogP contribution in [0.15, 0.2) is 67.8 Å². The summed E-state index contributed by atoms with van der Waals surface area (Å²) in [5, 5.41) is 11.1. The summed E-state index contributed by atoms with van der Waals surface area (Å²) in [6, 6.07) is 11.4. The van der Waals surface area contributed by atoms with Gasteiger partial charge in [0.1, 0.15) is 11.8 Å². The number of aliphatic hydroxyl groups excluding tert-OH is 1. The summed E-state index contributed by atoms with van der Waals surface area (Å²) in [6.45, 7) is 18.5. The van der Waals surface area contributed by atoms with Crippen LogP contribution in [0.4, 0.5) is 11.4 Å². The molecule has 10 heteroatoms.